The molecule has 28 heavy (non-hydrogen) atoms. The summed E-state index contributed by atoms with van der Waals surface area (Å²) in [6, 6.07) is 5.75. The molecule has 8 heteroatoms. The number of aryl methyl sites for hydroxylation is 1. The Hall–Kier alpha value is -2.32. The number of thioether (sulfide) groups is 1. The maximum Gasteiger partial charge on any atom is 0.259 e. The number of ether oxygens (including phenoxy) is 1. The lowest BCUT2D eigenvalue weighted by molar-refractivity contribution is 0.415. The number of thiophene rings is 1. The first-order chi connectivity index (χ1) is 13.6. The molecule has 1 aromatic carbocycles. The highest BCUT2D eigenvalue weighted by Crippen LogP contribution is 2.36. The lowest BCUT2D eigenvalue weighted by Gasteiger charge is -2.17. The second-order valence-electron chi connectivity index (χ2n) is 7.26. The topological polar surface area (TPSA) is 83.7 Å². The Morgan fingerprint density at radius 3 is 3.07 bits per heavy atom. The van der Waals surface area contributed by atoms with E-state index in [9.17, 15) is 4.79 Å². The Bertz CT molecular complexity index is 1240. The Morgan fingerprint density at radius 2 is 2.21 bits per heavy atom. The molecule has 1 aliphatic rings. The Balaban J connectivity index is 1.42. The average molecular weight is 413 g/mol. The van der Waals surface area contributed by atoms with Crippen LogP contribution in [0.3, 0.4) is 0 Å². The minimum absolute atomic E-state index is 0.0120. The number of H-pyrrole nitrogens is 2. The van der Waals surface area contributed by atoms with Crippen LogP contribution in [0.25, 0.3) is 21.3 Å². The van der Waals surface area contributed by atoms with Gasteiger partial charge in [0.05, 0.1) is 29.3 Å². The number of hydrogen-bond donors (Lipinski definition) is 2. The van der Waals surface area contributed by atoms with E-state index in [0.717, 1.165) is 51.4 Å². The molecule has 0 spiro atoms. The van der Waals surface area contributed by atoms with Crippen molar-refractivity contribution in [3.63, 3.8) is 0 Å². The largest absolute Gasteiger partial charge is 0.497 e. The van der Waals surface area contributed by atoms with Gasteiger partial charge in [-0.2, -0.15) is 0 Å². The molecule has 0 fully saturated rings. The second kappa shape index (κ2) is 6.93. The predicted octanol–water partition coefficient (Wildman–Crippen LogP) is 4.29. The van der Waals surface area contributed by atoms with E-state index < -0.39 is 0 Å². The fourth-order valence-corrected chi connectivity index (χ4v) is 5.92. The van der Waals surface area contributed by atoms with Gasteiger partial charge in [-0.25, -0.2) is 9.97 Å². The van der Waals surface area contributed by atoms with Gasteiger partial charge in [0.1, 0.15) is 16.4 Å². The molecule has 2 N–H and O–H groups in total. The summed E-state index contributed by atoms with van der Waals surface area (Å²) < 4.78 is 5.25. The van der Waals surface area contributed by atoms with Gasteiger partial charge in [-0.3, -0.25) is 4.79 Å². The molecular formula is C20H20N4O2S2. The number of fused-ring (bicyclic) bond motifs is 4. The highest BCUT2D eigenvalue weighted by Gasteiger charge is 2.23. The lowest BCUT2D eigenvalue weighted by atomic mass is 9.89. The normalized spacial score (nSPS) is 16.6. The molecule has 0 amide bonds. The summed E-state index contributed by atoms with van der Waals surface area (Å²) in [4.78, 5) is 30.5. The van der Waals surface area contributed by atoms with Crippen molar-refractivity contribution in [2.24, 2.45) is 5.92 Å². The van der Waals surface area contributed by atoms with E-state index >= 15 is 0 Å². The van der Waals surface area contributed by atoms with Crippen molar-refractivity contribution in [2.75, 3.05) is 7.11 Å². The SMILES string of the molecule is COc1ccc2nc(SCc3nc4sc5c(c4c(=O)[nH]3)CC[C@H](C)C5)[nH]c2c1. The van der Waals surface area contributed by atoms with Crippen LogP contribution >= 0.6 is 23.1 Å². The van der Waals surface area contributed by atoms with E-state index in [-0.39, 0.29) is 5.56 Å². The summed E-state index contributed by atoms with van der Waals surface area (Å²) in [5.74, 6) is 2.72. The number of imidazole rings is 1. The van der Waals surface area contributed by atoms with E-state index in [1.807, 2.05) is 18.2 Å². The van der Waals surface area contributed by atoms with Crippen LogP contribution in [0.1, 0.15) is 29.6 Å². The fourth-order valence-electron chi connectivity index (χ4n) is 3.76. The maximum absolute atomic E-state index is 12.7. The van der Waals surface area contributed by atoms with Crippen LogP contribution < -0.4 is 10.3 Å². The minimum Gasteiger partial charge on any atom is -0.497 e. The molecular weight excluding hydrogens is 392 g/mol. The zero-order valence-electron chi connectivity index (χ0n) is 15.7. The first-order valence-electron chi connectivity index (χ1n) is 9.30. The van der Waals surface area contributed by atoms with Gasteiger partial charge in [0, 0.05) is 10.9 Å². The maximum atomic E-state index is 12.7. The number of aromatic amines is 2. The lowest BCUT2D eigenvalue weighted by Crippen LogP contribution is -2.14. The van der Waals surface area contributed by atoms with E-state index in [2.05, 4.69) is 21.9 Å². The van der Waals surface area contributed by atoms with Crippen molar-refractivity contribution in [1.29, 1.82) is 0 Å². The van der Waals surface area contributed by atoms with Crippen molar-refractivity contribution in [3.05, 3.63) is 44.8 Å². The van der Waals surface area contributed by atoms with Gasteiger partial charge < -0.3 is 14.7 Å². The number of benzene rings is 1. The van der Waals surface area contributed by atoms with E-state index in [1.165, 1.54) is 22.2 Å². The number of rotatable bonds is 4. The summed E-state index contributed by atoms with van der Waals surface area (Å²) in [5, 5.41) is 1.60. The van der Waals surface area contributed by atoms with Crippen molar-refractivity contribution in [3.8, 4) is 5.75 Å². The highest BCUT2D eigenvalue weighted by atomic mass is 32.2. The zero-order chi connectivity index (χ0) is 19.3. The molecule has 1 aliphatic carbocycles. The fraction of sp³-hybridized carbons (Fsp3) is 0.350. The molecule has 5 rings (SSSR count). The molecule has 144 valence electrons. The van der Waals surface area contributed by atoms with Gasteiger partial charge in [-0.1, -0.05) is 18.7 Å². The molecule has 6 nitrogen and oxygen atoms in total. The molecule has 4 aromatic rings. The van der Waals surface area contributed by atoms with E-state index in [0.29, 0.717) is 17.5 Å². The Morgan fingerprint density at radius 1 is 1.32 bits per heavy atom. The zero-order valence-corrected chi connectivity index (χ0v) is 17.3. The predicted molar refractivity (Wildman–Crippen MR) is 114 cm³/mol. The summed E-state index contributed by atoms with van der Waals surface area (Å²) in [6.45, 7) is 2.27. The van der Waals surface area contributed by atoms with Crippen molar-refractivity contribution < 1.29 is 4.74 Å². The van der Waals surface area contributed by atoms with E-state index in [4.69, 9.17) is 9.72 Å². The first kappa shape index (κ1) is 17.8. The number of nitrogens with one attached hydrogen (secondary N) is 2. The van der Waals surface area contributed by atoms with E-state index in [1.54, 1.807) is 18.4 Å². The molecule has 0 bridgehead atoms. The van der Waals surface area contributed by atoms with Crippen LogP contribution in [0.2, 0.25) is 0 Å². The molecule has 3 heterocycles. The molecule has 0 unspecified atom stereocenters. The quantitative estimate of drug-likeness (QED) is 0.489. The van der Waals surface area contributed by atoms with Crippen LogP contribution in [0, 0.1) is 5.92 Å². The van der Waals surface area contributed by atoms with Crippen LogP contribution in [0.15, 0.2) is 28.2 Å². The molecule has 0 saturated carbocycles. The first-order valence-corrected chi connectivity index (χ1v) is 11.1. The Kier molecular flexibility index (Phi) is 4.40. The van der Waals surface area contributed by atoms with Crippen LogP contribution in [0.5, 0.6) is 5.75 Å². The minimum atomic E-state index is -0.0120. The summed E-state index contributed by atoms with van der Waals surface area (Å²) in [5.41, 5.74) is 3.03. The third-order valence-electron chi connectivity index (χ3n) is 5.23. The van der Waals surface area contributed by atoms with Crippen molar-refractivity contribution in [1.82, 2.24) is 19.9 Å². The summed E-state index contributed by atoms with van der Waals surface area (Å²) in [6.07, 6.45) is 3.19. The summed E-state index contributed by atoms with van der Waals surface area (Å²) in [7, 11) is 1.65. The smallest absolute Gasteiger partial charge is 0.259 e. The van der Waals surface area contributed by atoms with Crippen LogP contribution in [-0.4, -0.2) is 27.0 Å². The van der Waals surface area contributed by atoms with Crippen molar-refractivity contribution in [2.45, 2.75) is 37.1 Å². The van der Waals surface area contributed by atoms with Gasteiger partial charge >= 0.3 is 0 Å². The van der Waals surface area contributed by atoms with Gasteiger partial charge in [0.25, 0.3) is 5.56 Å². The van der Waals surface area contributed by atoms with Crippen LogP contribution in [-0.2, 0) is 18.6 Å². The van der Waals surface area contributed by atoms with Gasteiger partial charge in [0.2, 0.25) is 0 Å². The number of nitrogens with zero attached hydrogens (tertiary/aromatic N) is 2. The molecule has 0 aliphatic heterocycles. The highest BCUT2D eigenvalue weighted by molar-refractivity contribution is 7.98. The van der Waals surface area contributed by atoms with Gasteiger partial charge in [-0.15, -0.1) is 11.3 Å². The van der Waals surface area contributed by atoms with Gasteiger partial charge in [-0.05, 0) is 42.9 Å². The third-order valence-corrected chi connectivity index (χ3v) is 7.26. The molecule has 0 radical (unpaired) electrons. The molecule has 3 aromatic heterocycles. The van der Waals surface area contributed by atoms with Crippen molar-refractivity contribution >= 4 is 44.3 Å². The number of hydrogen-bond acceptors (Lipinski definition) is 6. The van der Waals surface area contributed by atoms with Gasteiger partial charge in [0.15, 0.2) is 5.16 Å². The average Bonchev–Trinajstić information content (AvgIpc) is 3.25. The number of methoxy groups -OCH3 is 1. The number of aromatic nitrogens is 4. The molecule has 0 saturated heterocycles. The second-order valence-corrected chi connectivity index (χ2v) is 9.31. The molecule has 1 atom stereocenters. The van der Waals surface area contributed by atoms with Crippen LogP contribution in [0.4, 0.5) is 0 Å². The Labute approximate surface area is 169 Å². The monoisotopic (exact) mass is 412 g/mol. The summed E-state index contributed by atoms with van der Waals surface area (Å²) >= 11 is 3.21. The third kappa shape index (κ3) is 3.10. The standard InChI is InChI=1S/C20H20N4O2S2/c1-10-3-5-12-15(7-10)28-19-17(12)18(25)23-16(24-19)9-27-20-21-13-6-4-11(26-2)8-14(13)22-20/h4,6,8,10H,3,5,7,9H2,1-2H3,(H,21,22)(H,23,24,25)/t10-/m0/s1.